The number of rotatable bonds is 3. The highest BCUT2D eigenvalue weighted by molar-refractivity contribution is 7.89. The molecule has 0 aromatic carbocycles. The van der Waals surface area contributed by atoms with Crippen LogP contribution in [0.5, 0.6) is 0 Å². The molecular formula is C10H12ClN3O2S. The van der Waals surface area contributed by atoms with E-state index in [1.54, 1.807) is 0 Å². The van der Waals surface area contributed by atoms with Crippen LogP contribution in [0.1, 0.15) is 19.3 Å². The minimum Gasteiger partial charge on any atom is -0.225 e. The van der Waals surface area contributed by atoms with E-state index in [4.69, 9.17) is 11.6 Å². The highest BCUT2D eigenvalue weighted by Crippen LogP contribution is 2.14. The zero-order valence-electron chi connectivity index (χ0n) is 9.01. The molecule has 1 heterocycles. The topological polar surface area (TPSA) is 72.0 Å². The molecule has 1 aromatic rings. The number of halogens is 1. The first-order chi connectivity index (χ1) is 8.08. The van der Waals surface area contributed by atoms with Gasteiger partial charge in [-0.3, -0.25) is 0 Å². The molecule has 5 nitrogen and oxygen atoms in total. The summed E-state index contributed by atoms with van der Waals surface area (Å²) in [7, 11) is -3.54. The molecule has 0 radical (unpaired) electrons. The average Bonchev–Trinajstić information content (AvgIpc) is 2.30. The van der Waals surface area contributed by atoms with Crippen molar-refractivity contribution in [3.63, 3.8) is 0 Å². The fraction of sp³-hybridized carbons (Fsp3) is 0.400. The molecule has 0 amide bonds. The normalized spacial score (nSPS) is 20.4. The van der Waals surface area contributed by atoms with Crippen molar-refractivity contribution in [1.82, 2.24) is 14.7 Å². The van der Waals surface area contributed by atoms with Crippen LogP contribution in [0, 0.1) is 0 Å². The van der Waals surface area contributed by atoms with Crippen LogP contribution in [0.15, 0.2) is 29.4 Å². The lowest BCUT2D eigenvalue weighted by molar-refractivity contribution is 0.522. The van der Waals surface area contributed by atoms with Crippen molar-refractivity contribution in [3.8, 4) is 0 Å². The molecule has 1 atom stereocenters. The Labute approximate surface area is 105 Å². The van der Waals surface area contributed by atoms with Gasteiger partial charge in [0, 0.05) is 6.04 Å². The third-order valence-corrected chi connectivity index (χ3v) is 4.17. The van der Waals surface area contributed by atoms with Gasteiger partial charge in [0.05, 0.1) is 12.4 Å². The Hall–Kier alpha value is -0.980. The lowest BCUT2D eigenvalue weighted by Gasteiger charge is -2.18. The van der Waals surface area contributed by atoms with Gasteiger partial charge in [-0.15, -0.1) is 0 Å². The van der Waals surface area contributed by atoms with E-state index < -0.39 is 10.0 Å². The highest BCUT2D eigenvalue weighted by atomic mass is 35.5. The van der Waals surface area contributed by atoms with Gasteiger partial charge in [0.1, 0.15) is 4.90 Å². The molecule has 1 aliphatic rings. The maximum absolute atomic E-state index is 12.0. The molecule has 0 aliphatic heterocycles. The second-order valence-corrected chi connectivity index (χ2v) is 5.84. The van der Waals surface area contributed by atoms with Gasteiger partial charge in [0.25, 0.3) is 0 Å². The van der Waals surface area contributed by atoms with Gasteiger partial charge in [-0.1, -0.05) is 12.2 Å². The van der Waals surface area contributed by atoms with Crippen molar-refractivity contribution in [3.05, 3.63) is 29.8 Å². The molecular weight excluding hydrogens is 262 g/mol. The molecule has 1 N–H and O–H groups in total. The summed E-state index contributed by atoms with van der Waals surface area (Å²) in [6.45, 7) is 0. The van der Waals surface area contributed by atoms with Gasteiger partial charge in [-0.25, -0.2) is 23.1 Å². The fourth-order valence-corrected chi connectivity index (χ4v) is 2.90. The Kier molecular flexibility index (Phi) is 3.76. The Morgan fingerprint density at radius 3 is 2.59 bits per heavy atom. The first kappa shape index (κ1) is 12.5. The van der Waals surface area contributed by atoms with E-state index >= 15 is 0 Å². The molecule has 1 aromatic heterocycles. The number of hydrogen-bond acceptors (Lipinski definition) is 4. The quantitative estimate of drug-likeness (QED) is 0.669. The molecule has 92 valence electrons. The minimum absolute atomic E-state index is 0.0320. The zero-order valence-corrected chi connectivity index (χ0v) is 10.6. The molecule has 0 fully saturated rings. The van der Waals surface area contributed by atoms with E-state index in [9.17, 15) is 8.42 Å². The monoisotopic (exact) mass is 273 g/mol. The predicted molar refractivity (Wildman–Crippen MR) is 64.1 cm³/mol. The standard InChI is InChI=1S/C10H12ClN3O2S/c11-10-12-6-9(7-13-10)17(15,16)14-8-4-2-1-3-5-8/h1-2,6-8,14H,3-5H2. The highest BCUT2D eigenvalue weighted by Gasteiger charge is 2.20. The largest absolute Gasteiger partial charge is 0.243 e. The van der Waals surface area contributed by atoms with Crippen LogP contribution in [0.2, 0.25) is 5.28 Å². The van der Waals surface area contributed by atoms with Crippen LogP contribution in [0.4, 0.5) is 0 Å². The summed E-state index contributed by atoms with van der Waals surface area (Å²) in [5.74, 6) is 0. The molecule has 0 saturated carbocycles. The third kappa shape index (κ3) is 3.24. The van der Waals surface area contributed by atoms with Crippen molar-refractivity contribution < 1.29 is 8.42 Å². The molecule has 0 saturated heterocycles. The van der Waals surface area contributed by atoms with Gasteiger partial charge < -0.3 is 0 Å². The molecule has 0 spiro atoms. The summed E-state index contributed by atoms with van der Waals surface area (Å²) in [5.41, 5.74) is 0. The van der Waals surface area contributed by atoms with E-state index in [1.807, 2.05) is 6.08 Å². The van der Waals surface area contributed by atoms with Crippen LogP contribution >= 0.6 is 11.6 Å². The number of nitrogens with one attached hydrogen (secondary N) is 1. The van der Waals surface area contributed by atoms with Gasteiger partial charge in [0.2, 0.25) is 15.3 Å². The van der Waals surface area contributed by atoms with E-state index in [-0.39, 0.29) is 16.2 Å². The Morgan fingerprint density at radius 2 is 2.00 bits per heavy atom. The summed E-state index contributed by atoms with van der Waals surface area (Å²) >= 11 is 5.51. The van der Waals surface area contributed by atoms with Crippen molar-refractivity contribution in [1.29, 1.82) is 0 Å². The Bertz CT molecular complexity index is 513. The van der Waals surface area contributed by atoms with Crippen LogP contribution < -0.4 is 4.72 Å². The number of aromatic nitrogens is 2. The summed E-state index contributed by atoms with van der Waals surface area (Å²) in [6, 6.07) is -0.0549. The smallest absolute Gasteiger partial charge is 0.225 e. The van der Waals surface area contributed by atoms with Gasteiger partial charge in [-0.05, 0) is 30.9 Å². The number of nitrogens with zero attached hydrogens (tertiary/aromatic N) is 2. The number of sulfonamides is 1. The van der Waals surface area contributed by atoms with Crippen molar-refractivity contribution in [2.45, 2.75) is 30.2 Å². The first-order valence-electron chi connectivity index (χ1n) is 5.23. The Morgan fingerprint density at radius 1 is 1.29 bits per heavy atom. The van der Waals surface area contributed by atoms with Crippen LogP contribution in [-0.2, 0) is 10.0 Å². The van der Waals surface area contributed by atoms with E-state index in [0.717, 1.165) is 12.8 Å². The molecule has 17 heavy (non-hydrogen) atoms. The number of allylic oxidation sites excluding steroid dienone is 1. The summed E-state index contributed by atoms with van der Waals surface area (Å²) in [4.78, 5) is 7.36. The second kappa shape index (κ2) is 5.12. The maximum Gasteiger partial charge on any atom is 0.243 e. The summed E-state index contributed by atoms with van der Waals surface area (Å²) < 4.78 is 26.5. The SMILES string of the molecule is O=S(=O)(NC1CC=CCC1)c1cnc(Cl)nc1. The van der Waals surface area contributed by atoms with Crippen molar-refractivity contribution >= 4 is 21.6 Å². The van der Waals surface area contributed by atoms with Gasteiger partial charge in [-0.2, -0.15) is 0 Å². The van der Waals surface area contributed by atoms with Gasteiger partial charge in [0.15, 0.2) is 0 Å². The fourth-order valence-electron chi connectivity index (χ4n) is 1.63. The summed E-state index contributed by atoms with van der Waals surface area (Å²) in [6.07, 6.45) is 8.86. The van der Waals surface area contributed by atoms with E-state index in [2.05, 4.69) is 20.8 Å². The zero-order chi connectivity index (χ0) is 12.3. The molecule has 1 unspecified atom stereocenters. The average molecular weight is 274 g/mol. The lowest BCUT2D eigenvalue weighted by Crippen LogP contribution is -2.35. The molecule has 1 aliphatic carbocycles. The van der Waals surface area contributed by atoms with Gasteiger partial charge >= 0.3 is 0 Å². The maximum atomic E-state index is 12.0. The second-order valence-electron chi connectivity index (χ2n) is 3.79. The number of hydrogen-bond donors (Lipinski definition) is 1. The molecule has 2 rings (SSSR count). The van der Waals surface area contributed by atoms with Crippen molar-refractivity contribution in [2.24, 2.45) is 0 Å². The van der Waals surface area contributed by atoms with E-state index in [1.165, 1.54) is 12.4 Å². The molecule has 0 bridgehead atoms. The minimum atomic E-state index is -3.54. The summed E-state index contributed by atoms with van der Waals surface area (Å²) in [5, 5.41) is 0.0320. The van der Waals surface area contributed by atoms with Crippen LogP contribution in [0.25, 0.3) is 0 Å². The third-order valence-electron chi connectivity index (χ3n) is 2.50. The van der Waals surface area contributed by atoms with Crippen LogP contribution in [0.3, 0.4) is 0 Å². The Balaban J connectivity index is 2.13. The predicted octanol–water partition coefficient (Wildman–Crippen LogP) is 1.52. The van der Waals surface area contributed by atoms with Crippen LogP contribution in [-0.4, -0.2) is 24.4 Å². The van der Waals surface area contributed by atoms with E-state index in [0.29, 0.717) is 6.42 Å². The molecule has 7 heteroatoms. The lowest BCUT2D eigenvalue weighted by atomic mass is 10.0. The van der Waals surface area contributed by atoms with Crippen molar-refractivity contribution in [2.75, 3.05) is 0 Å². The first-order valence-corrected chi connectivity index (χ1v) is 7.09.